The summed E-state index contributed by atoms with van der Waals surface area (Å²) in [6.45, 7) is 0. The quantitative estimate of drug-likeness (QED) is 0.778. The van der Waals surface area contributed by atoms with Crippen LogP contribution in [0.25, 0.3) is 10.1 Å². The molecule has 0 amide bonds. The molecule has 1 heterocycles. The van der Waals surface area contributed by atoms with Gasteiger partial charge >= 0.3 is 109 Å². The molecule has 1 aromatic carbocycles. The molecule has 94 valence electrons. The zero-order valence-corrected chi connectivity index (χ0v) is 11.4. The minimum atomic E-state index is -3.71. The van der Waals surface area contributed by atoms with Crippen molar-refractivity contribution in [3.63, 3.8) is 0 Å². The number of sulfonamides is 1. The number of carbonyl (C=O) groups is 1. The van der Waals surface area contributed by atoms with Crippen LogP contribution in [0.4, 0.5) is 0 Å². The van der Waals surface area contributed by atoms with Gasteiger partial charge in [-0.3, -0.25) is 0 Å². The number of hydrogen-bond acceptors (Lipinski definition) is 4. The summed E-state index contributed by atoms with van der Waals surface area (Å²) in [5, 5.41) is 13.8. The molecule has 0 aliphatic heterocycles. The first kappa shape index (κ1) is 13.0. The molecule has 0 spiro atoms. The van der Waals surface area contributed by atoms with Crippen LogP contribution in [0.5, 0.6) is 0 Å². The summed E-state index contributed by atoms with van der Waals surface area (Å²) < 4.78 is 23.1. The molecular formula is C10H8N2O4SSe. The van der Waals surface area contributed by atoms with E-state index in [1.54, 1.807) is 12.1 Å². The zero-order valence-electron chi connectivity index (χ0n) is 8.90. The third-order valence-corrected chi connectivity index (χ3v) is 5.25. The molecule has 18 heavy (non-hydrogen) atoms. The summed E-state index contributed by atoms with van der Waals surface area (Å²) in [5.74, 6) is -0.977. The molecule has 6 nitrogen and oxygen atoms in total. The second kappa shape index (κ2) is 4.66. The van der Waals surface area contributed by atoms with Crippen molar-refractivity contribution in [1.29, 1.82) is 0 Å². The molecule has 0 aliphatic rings. The van der Waals surface area contributed by atoms with Crippen LogP contribution in [0, 0.1) is 0 Å². The molecule has 0 saturated carbocycles. The second-order valence-electron chi connectivity index (χ2n) is 3.40. The van der Waals surface area contributed by atoms with Gasteiger partial charge in [0.2, 0.25) is 0 Å². The number of nitrogens with two attached hydrogens (primary N) is 1. The summed E-state index contributed by atoms with van der Waals surface area (Å²) in [6.07, 6.45) is 1.32. The average Bonchev–Trinajstić information content (AvgIpc) is 2.77. The Kier molecular flexibility index (Phi) is 3.36. The molecule has 0 fully saturated rings. The first-order valence-corrected chi connectivity index (χ1v) is 7.96. The van der Waals surface area contributed by atoms with Gasteiger partial charge in [0.05, 0.1) is 0 Å². The SMILES string of the molecule is NS(=O)(=O)c1ccc(-c2ncc(C(=O)O)[se]2)cc1. The molecule has 0 radical (unpaired) electrons. The van der Waals surface area contributed by atoms with Gasteiger partial charge < -0.3 is 0 Å². The second-order valence-corrected chi connectivity index (χ2v) is 7.13. The summed E-state index contributed by atoms with van der Waals surface area (Å²) in [7, 11) is -3.71. The number of nitrogens with zero attached hydrogens (tertiary/aromatic N) is 1. The Morgan fingerprint density at radius 2 is 1.89 bits per heavy atom. The number of carboxylic acid groups (broad SMARTS) is 1. The van der Waals surface area contributed by atoms with Crippen molar-refractivity contribution in [3.8, 4) is 10.1 Å². The van der Waals surface area contributed by atoms with E-state index in [1.165, 1.54) is 18.3 Å². The van der Waals surface area contributed by atoms with Crippen LogP contribution in [-0.4, -0.2) is 39.0 Å². The van der Waals surface area contributed by atoms with Gasteiger partial charge in [-0.2, -0.15) is 0 Å². The Hall–Kier alpha value is -1.47. The number of aromatic nitrogens is 1. The predicted molar refractivity (Wildman–Crippen MR) is 64.9 cm³/mol. The summed E-state index contributed by atoms with van der Waals surface area (Å²) >= 11 is -0.366. The molecule has 0 atom stereocenters. The molecule has 0 bridgehead atoms. The summed E-state index contributed by atoms with van der Waals surface area (Å²) in [5.41, 5.74) is 0.704. The van der Waals surface area contributed by atoms with Gasteiger partial charge in [0.25, 0.3) is 0 Å². The average molecular weight is 331 g/mol. The third kappa shape index (κ3) is 2.68. The van der Waals surface area contributed by atoms with E-state index in [4.69, 9.17) is 10.2 Å². The molecule has 1 aromatic heterocycles. The fourth-order valence-corrected chi connectivity index (χ4v) is 3.40. The van der Waals surface area contributed by atoms with Crippen LogP contribution in [0.1, 0.15) is 9.23 Å². The van der Waals surface area contributed by atoms with Gasteiger partial charge in [-0.15, -0.1) is 0 Å². The van der Waals surface area contributed by atoms with Gasteiger partial charge in [0, 0.05) is 0 Å². The van der Waals surface area contributed by atoms with Crippen LogP contribution in [0.2, 0.25) is 0 Å². The van der Waals surface area contributed by atoms with Crippen molar-refractivity contribution in [2.24, 2.45) is 5.14 Å². The van der Waals surface area contributed by atoms with Gasteiger partial charge in [-0.25, -0.2) is 0 Å². The normalized spacial score (nSPS) is 11.4. The van der Waals surface area contributed by atoms with E-state index in [1.807, 2.05) is 0 Å². The standard InChI is InChI=1S/C10H8N2O4SSe/c11-17(15,16)7-3-1-6(2-4-7)9-12-5-8(18-9)10(13)14/h1-5H,(H,13,14)(H2,11,15,16). The minimum absolute atomic E-state index is 0.0174. The molecule has 0 saturated heterocycles. The summed E-state index contributed by atoms with van der Waals surface area (Å²) in [4.78, 5) is 14.8. The van der Waals surface area contributed by atoms with E-state index in [2.05, 4.69) is 4.98 Å². The van der Waals surface area contributed by atoms with Crippen LogP contribution in [0.15, 0.2) is 35.4 Å². The van der Waals surface area contributed by atoms with Crippen molar-refractivity contribution in [2.75, 3.05) is 0 Å². The first-order valence-electron chi connectivity index (χ1n) is 4.70. The number of benzene rings is 1. The van der Waals surface area contributed by atoms with Gasteiger partial charge in [-0.05, 0) is 0 Å². The van der Waals surface area contributed by atoms with Gasteiger partial charge in [-0.1, -0.05) is 0 Å². The molecule has 0 unspecified atom stereocenters. The van der Waals surface area contributed by atoms with E-state index in [0.29, 0.717) is 10.1 Å². The Balaban J connectivity index is 2.37. The van der Waals surface area contributed by atoms with Crippen LogP contribution in [-0.2, 0) is 10.0 Å². The van der Waals surface area contributed by atoms with Crippen molar-refractivity contribution in [1.82, 2.24) is 4.98 Å². The van der Waals surface area contributed by atoms with E-state index in [9.17, 15) is 13.2 Å². The Bertz CT molecular complexity index is 691. The Morgan fingerprint density at radius 1 is 1.28 bits per heavy atom. The topological polar surface area (TPSA) is 110 Å². The number of aromatic carboxylic acids is 1. The number of carboxylic acids is 1. The van der Waals surface area contributed by atoms with E-state index in [-0.39, 0.29) is 23.8 Å². The van der Waals surface area contributed by atoms with Crippen LogP contribution in [0.3, 0.4) is 0 Å². The molecule has 3 N–H and O–H groups in total. The van der Waals surface area contributed by atoms with Crippen LogP contribution >= 0.6 is 0 Å². The monoisotopic (exact) mass is 332 g/mol. The number of primary sulfonamides is 1. The molecule has 2 aromatic rings. The van der Waals surface area contributed by atoms with E-state index in [0.717, 1.165) is 0 Å². The molecule has 8 heteroatoms. The fourth-order valence-electron chi connectivity index (χ4n) is 1.29. The van der Waals surface area contributed by atoms with Crippen molar-refractivity contribution in [2.45, 2.75) is 4.90 Å². The predicted octanol–water partition coefficient (Wildman–Crippen LogP) is 0.151. The van der Waals surface area contributed by atoms with Crippen molar-refractivity contribution < 1.29 is 18.3 Å². The maximum absolute atomic E-state index is 11.1. The number of hydrogen-bond donors (Lipinski definition) is 2. The van der Waals surface area contributed by atoms with Gasteiger partial charge in [0.1, 0.15) is 0 Å². The summed E-state index contributed by atoms with van der Waals surface area (Å²) in [6, 6.07) is 5.89. The van der Waals surface area contributed by atoms with Crippen molar-refractivity contribution in [3.05, 3.63) is 34.9 Å². The zero-order chi connectivity index (χ0) is 13.3. The fraction of sp³-hybridized carbons (Fsp3) is 0. The van der Waals surface area contributed by atoms with E-state index >= 15 is 0 Å². The Labute approximate surface area is 109 Å². The molecular weight excluding hydrogens is 323 g/mol. The van der Waals surface area contributed by atoms with E-state index < -0.39 is 16.0 Å². The van der Waals surface area contributed by atoms with Gasteiger partial charge in [0.15, 0.2) is 0 Å². The third-order valence-electron chi connectivity index (χ3n) is 2.15. The maximum atomic E-state index is 11.1. The van der Waals surface area contributed by atoms with Crippen molar-refractivity contribution >= 4 is 30.5 Å². The van der Waals surface area contributed by atoms with Crippen LogP contribution < -0.4 is 5.14 Å². The first-order chi connectivity index (χ1) is 8.38. The molecule has 2 rings (SSSR count). The number of rotatable bonds is 3. The molecule has 0 aliphatic carbocycles. The Morgan fingerprint density at radius 3 is 2.33 bits per heavy atom.